The lowest BCUT2D eigenvalue weighted by Crippen LogP contribution is -2.37. The molecule has 1 fully saturated rings. The first-order valence-corrected chi connectivity index (χ1v) is 6.22. The Kier molecular flexibility index (Phi) is 3.98. The van der Waals surface area contributed by atoms with Crippen molar-refractivity contribution in [3.05, 3.63) is 16.9 Å². The molecule has 0 aliphatic carbocycles. The van der Waals surface area contributed by atoms with Crippen LogP contribution in [0.2, 0.25) is 5.15 Å². The summed E-state index contributed by atoms with van der Waals surface area (Å²) in [6, 6.07) is 1.90. The summed E-state index contributed by atoms with van der Waals surface area (Å²) in [5.74, 6) is -0.602. The Morgan fingerprint density at radius 1 is 1.50 bits per heavy atom. The number of aromatic nitrogens is 2. The summed E-state index contributed by atoms with van der Waals surface area (Å²) in [4.78, 5) is 13.5. The third kappa shape index (κ3) is 3.08. The zero-order chi connectivity index (χ0) is 13.1. The third-order valence-corrected chi connectivity index (χ3v) is 3.26. The number of nitrogens with one attached hydrogen (secondary N) is 1. The molecule has 98 valence electrons. The maximum atomic E-state index is 11.3. The summed E-state index contributed by atoms with van der Waals surface area (Å²) in [7, 11) is 2.09. The standard InChI is InChI=1S/C11H16ClN5O/c1-17-4-2-7(3-5-17)14-8-6-9(12)15-16-10(8)11(13)18/h6-7H,2-5H2,1H3,(H2,13,18)(H,14,15). The molecule has 1 saturated heterocycles. The summed E-state index contributed by atoms with van der Waals surface area (Å²) in [6.45, 7) is 2.05. The maximum absolute atomic E-state index is 11.3. The van der Waals surface area contributed by atoms with Crippen LogP contribution in [0.15, 0.2) is 6.07 Å². The summed E-state index contributed by atoms with van der Waals surface area (Å²) in [6.07, 6.45) is 2.02. The first-order valence-electron chi connectivity index (χ1n) is 5.84. The monoisotopic (exact) mass is 269 g/mol. The van der Waals surface area contributed by atoms with Gasteiger partial charge in [-0.1, -0.05) is 11.6 Å². The molecule has 2 heterocycles. The van der Waals surface area contributed by atoms with Crippen LogP contribution in [0.5, 0.6) is 0 Å². The molecule has 18 heavy (non-hydrogen) atoms. The average Bonchev–Trinajstić information content (AvgIpc) is 2.32. The van der Waals surface area contributed by atoms with Gasteiger partial charge in [0.15, 0.2) is 10.8 Å². The number of amides is 1. The maximum Gasteiger partial charge on any atom is 0.271 e. The minimum absolute atomic E-state index is 0.137. The SMILES string of the molecule is CN1CCC(Nc2cc(Cl)nnc2C(N)=O)CC1. The van der Waals surface area contributed by atoms with Crippen LogP contribution in [0.3, 0.4) is 0 Å². The summed E-state index contributed by atoms with van der Waals surface area (Å²) in [5.41, 5.74) is 5.96. The minimum atomic E-state index is -0.602. The van der Waals surface area contributed by atoms with Gasteiger partial charge in [0.05, 0.1) is 5.69 Å². The highest BCUT2D eigenvalue weighted by Crippen LogP contribution is 2.20. The lowest BCUT2D eigenvalue weighted by Gasteiger charge is -2.30. The molecular formula is C11H16ClN5O. The van der Waals surface area contributed by atoms with Gasteiger partial charge < -0.3 is 16.0 Å². The van der Waals surface area contributed by atoms with E-state index in [4.69, 9.17) is 17.3 Å². The Morgan fingerprint density at radius 2 is 2.17 bits per heavy atom. The quantitative estimate of drug-likeness (QED) is 0.845. The van der Waals surface area contributed by atoms with Gasteiger partial charge in [-0.25, -0.2) is 0 Å². The number of hydrogen-bond donors (Lipinski definition) is 2. The zero-order valence-corrected chi connectivity index (χ0v) is 10.9. The molecule has 0 radical (unpaired) electrons. The highest BCUT2D eigenvalue weighted by atomic mass is 35.5. The van der Waals surface area contributed by atoms with E-state index in [9.17, 15) is 4.79 Å². The number of rotatable bonds is 3. The van der Waals surface area contributed by atoms with Gasteiger partial charge in [-0.3, -0.25) is 4.79 Å². The number of hydrogen-bond acceptors (Lipinski definition) is 5. The van der Waals surface area contributed by atoms with Gasteiger partial charge in [-0.15, -0.1) is 10.2 Å². The fourth-order valence-corrected chi connectivity index (χ4v) is 2.18. The van der Waals surface area contributed by atoms with E-state index in [-0.39, 0.29) is 10.8 Å². The van der Waals surface area contributed by atoms with Gasteiger partial charge in [0.2, 0.25) is 0 Å². The molecule has 0 spiro atoms. The summed E-state index contributed by atoms with van der Waals surface area (Å²) in [5, 5.41) is 10.9. The van der Waals surface area contributed by atoms with Crippen LogP contribution < -0.4 is 11.1 Å². The highest BCUT2D eigenvalue weighted by Gasteiger charge is 2.19. The van der Waals surface area contributed by atoms with E-state index < -0.39 is 5.91 Å². The van der Waals surface area contributed by atoms with Crippen molar-refractivity contribution in [3.63, 3.8) is 0 Å². The highest BCUT2D eigenvalue weighted by molar-refractivity contribution is 6.29. The van der Waals surface area contributed by atoms with Crippen LogP contribution in [0.4, 0.5) is 5.69 Å². The molecule has 6 nitrogen and oxygen atoms in total. The van der Waals surface area contributed by atoms with E-state index in [0.717, 1.165) is 25.9 Å². The smallest absolute Gasteiger partial charge is 0.271 e. The van der Waals surface area contributed by atoms with E-state index in [1.165, 1.54) is 0 Å². The van der Waals surface area contributed by atoms with Crippen molar-refractivity contribution >= 4 is 23.2 Å². The molecule has 0 atom stereocenters. The summed E-state index contributed by atoms with van der Waals surface area (Å²) < 4.78 is 0. The number of carbonyl (C=O) groups excluding carboxylic acids is 1. The van der Waals surface area contributed by atoms with E-state index in [1.54, 1.807) is 6.07 Å². The molecule has 0 unspecified atom stereocenters. The fraction of sp³-hybridized carbons (Fsp3) is 0.545. The number of carbonyl (C=O) groups is 1. The predicted molar refractivity (Wildman–Crippen MR) is 69.7 cm³/mol. The largest absolute Gasteiger partial charge is 0.380 e. The topological polar surface area (TPSA) is 84.1 Å². The second-order valence-electron chi connectivity index (χ2n) is 4.52. The van der Waals surface area contributed by atoms with Gasteiger partial charge in [0, 0.05) is 12.1 Å². The summed E-state index contributed by atoms with van der Waals surface area (Å²) >= 11 is 5.79. The molecule has 1 aromatic rings. The van der Waals surface area contributed by atoms with Gasteiger partial charge in [0.25, 0.3) is 5.91 Å². The van der Waals surface area contributed by atoms with Gasteiger partial charge in [-0.2, -0.15) is 0 Å². The molecule has 1 aliphatic rings. The molecule has 1 aromatic heterocycles. The molecule has 0 saturated carbocycles. The number of primary amides is 1. The van der Waals surface area contributed by atoms with Gasteiger partial charge >= 0.3 is 0 Å². The second kappa shape index (κ2) is 5.49. The van der Waals surface area contributed by atoms with Crippen LogP contribution in [0, 0.1) is 0 Å². The fourth-order valence-electron chi connectivity index (χ4n) is 2.03. The van der Waals surface area contributed by atoms with Crippen molar-refractivity contribution in [2.24, 2.45) is 5.73 Å². The molecule has 0 aromatic carbocycles. The van der Waals surface area contributed by atoms with Crippen molar-refractivity contribution < 1.29 is 4.79 Å². The molecule has 1 aliphatic heterocycles. The minimum Gasteiger partial charge on any atom is -0.380 e. The first kappa shape index (κ1) is 13.0. The Balaban J connectivity index is 2.12. The van der Waals surface area contributed by atoms with Crippen LogP contribution >= 0.6 is 11.6 Å². The zero-order valence-electron chi connectivity index (χ0n) is 10.2. The lowest BCUT2D eigenvalue weighted by molar-refractivity contribution is 0.0995. The van der Waals surface area contributed by atoms with Gasteiger partial charge in [-0.05, 0) is 33.0 Å². The number of nitrogens with zero attached hydrogens (tertiary/aromatic N) is 3. The molecule has 3 N–H and O–H groups in total. The predicted octanol–water partition coefficient (Wildman–Crippen LogP) is 0.735. The van der Waals surface area contributed by atoms with Crippen LogP contribution in [-0.2, 0) is 0 Å². The molecular weight excluding hydrogens is 254 g/mol. The van der Waals surface area contributed by atoms with Crippen molar-refractivity contribution in [2.75, 3.05) is 25.5 Å². The van der Waals surface area contributed by atoms with E-state index >= 15 is 0 Å². The van der Waals surface area contributed by atoms with E-state index in [1.807, 2.05) is 0 Å². The van der Waals surface area contributed by atoms with Crippen molar-refractivity contribution in [3.8, 4) is 0 Å². The van der Waals surface area contributed by atoms with Crippen molar-refractivity contribution in [1.82, 2.24) is 15.1 Å². The normalized spacial score (nSPS) is 17.7. The number of likely N-dealkylation sites (tertiary alicyclic amines) is 1. The van der Waals surface area contributed by atoms with Gasteiger partial charge in [0.1, 0.15) is 0 Å². The third-order valence-electron chi connectivity index (χ3n) is 3.08. The van der Waals surface area contributed by atoms with Crippen LogP contribution in [0.1, 0.15) is 23.3 Å². The van der Waals surface area contributed by atoms with E-state index in [2.05, 4.69) is 27.5 Å². The number of anilines is 1. The van der Waals surface area contributed by atoms with Crippen LogP contribution in [0.25, 0.3) is 0 Å². The average molecular weight is 270 g/mol. The molecule has 7 heteroatoms. The second-order valence-corrected chi connectivity index (χ2v) is 4.90. The number of nitrogens with two attached hydrogens (primary N) is 1. The van der Waals surface area contributed by atoms with Crippen molar-refractivity contribution in [1.29, 1.82) is 0 Å². The lowest BCUT2D eigenvalue weighted by atomic mass is 10.1. The molecule has 0 bridgehead atoms. The molecule has 2 rings (SSSR count). The first-order chi connectivity index (χ1) is 8.56. The van der Waals surface area contributed by atoms with Crippen LogP contribution in [-0.4, -0.2) is 47.2 Å². The number of piperidine rings is 1. The van der Waals surface area contributed by atoms with Crippen molar-refractivity contribution in [2.45, 2.75) is 18.9 Å². The Labute approximate surface area is 111 Å². The Bertz CT molecular complexity index is 445. The molecule has 1 amide bonds. The van der Waals surface area contributed by atoms with E-state index in [0.29, 0.717) is 11.7 Å². The number of halogens is 1. The Hall–Kier alpha value is -1.40. The Morgan fingerprint density at radius 3 is 2.78 bits per heavy atom.